The molecule has 0 heterocycles. The molecule has 2 amide bonds. The molecular formula is C13H15N5O4. The Hall–Kier alpha value is -2.99. The Balaban J connectivity index is 2.49. The Bertz CT molecular complexity index is 611. The third-order valence-corrected chi connectivity index (χ3v) is 2.65. The number of amides is 2. The number of non-ortho nitro benzene ring substituents is 1. The van der Waals surface area contributed by atoms with Gasteiger partial charge in [-0.05, 0) is 13.1 Å². The zero-order chi connectivity index (χ0) is 16.5. The molecule has 0 aliphatic carbocycles. The van der Waals surface area contributed by atoms with Gasteiger partial charge in [0.2, 0.25) is 0 Å². The lowest BCUT2D eigenvalue weighted by Crippen LogP contribution is -2.45. The van der Waals surface area contributed by atoms with Gasteiger partial charge >= 0.3 is 0 Å². The van der Waals surface area contributed by atoms with Crippen LogP contribution in [0.5, 0.6) is 0 Å². The zero-order valence-electron chi connectivity index (χ0n) is 11.9. The van der Waals surface area contributed by atoms with E-state index in [4.69, 9.17) is 5.26 Å². The summed E-state index contributed by atoms with van der Waals surface area (Å²) in [4.78, 5) is 35.0. The summed E-state index contributed by atoms with van der Waals surface area (Å²) in [7, 11) is 1.67. The van der Waals surface area contributed by atoms with Crippen molar-refractivity contribution in [3.63, 3.8) is 0 Å². The molecular weight excluding hydrogens is 290 g/mol. The minimum Gasteiger partial charge on any atom is -0.297 e. The molecule has 1 rings (SSSR count). The van der Waals surface area contributed by atoms with Gasteiger partial charge in [-0.3, -0.25) is 35.5 Å². The number of hydrazine groups is 1. The van der Waals surface area contributed by atoms with Gasteiger partial charge in [0.05, 0.1) is 17.5 Å². The molecule has 1 aromatic rings. The molecule has 0 aliphatic rings. The van der Waals surface area contributed by atoms with Crippen molar-refractivity contribution in [1.82, 2.24) is 15.8 Å². The molecule has 0 fully saturated rings. The fraction of sp³-hybridized carbons (Fsp3) is 0.308. The van der Waals surface area contributed by atoms with Crippen molar-refractivity contribution in [2.75, 3.05) is 20.1 Å². The van der Waals surface area contributed by atoms with E-state index >= 15 is 0 Å². The Morgan fingerprint density at radius 3 is 2.77 bits per heavy atom. The van der Waals surface area contributed by atoms with Gasteiger partial charge in [-0.2, -0.15) is 5.26 Å². The predicted molar refractivity (Wildman–Crippen MR) is 76.4 cm³/mol. The summed E-state index contributed by atoms with van der Waals surface area (Å²) in [6.07, 6.45) is 0.295. The lowest BCUT2D eigenvalue weighted by Gasteiger charge is -2.14. The van der Waals surface area contributed by atoms with Crippen molar-refractivity contribution in [3.05, 3.63) is 39.9 Å². The molecule has 116 valence electrons. The van der Waals surface area contributed by atoms with Crippen LogP contribution in [0.2, 0.25) is 0 Å². The van der Waals surface area contributed by atoms with Crippen LogP contribution < -0.4 is 10.9 Å². The zero-order valence-corrected chi connectivity index (χ0v) is 11.9. The fourth-order valence-corrected chi connectivity index (χ4v) is 1.56. The van der Waals surface area contributed by atoms with Crippen LogP contribution in [-0.4, -0.2) is 41.8 Å². The highest BCUT2D eigenvalue weighted by Gasteiger charge is 2.12. The molecule has 0 aliphatic heterocycles. The number of likely N-dealkylation sites (N-methyl/N-ethyl adjacent to an activating group) is 1. The number of carbonyl (C=O) groups is 2. The highest BCUT2D eigenvalue weighted by molar-refractivity contribution is 5.96. The van der Waals surface area contributed by atoms with Crippen LogP contribution in [-0.2, 0) is 4.79 Å². The summed E-state index contributed by atoms with van der Waals surface area (Å²) in [6.45, 7) is 0.444. The first-order valence-electron chi connectivity index (χ1n) is 6.33. The van der Waals surface area contributed by atoms with Crippen LogP contribution in [0.1, 0.15) is 16.8 Å². The number of nitro benzene ring substituents is 1. The van der Waals surface area contributed by atoms with Gasteiger partial charge in [-0.25, -0.2) is 0 Å². The summed E-state index contributed by atoms with van der Waals surface area (Å²) >= 11 is 0. The van der Waals surface area contributed by atoms with Crippen molar-refractivity contribution in [3.8, 4) is 6.07 Å². The van der Waals surface area contributed by atoms with Gasteiger partial charge < -0.3 is 0 Å². The number of nitro groups is 1. The quantitative estimate of drug-likeness (QED) is 0.570. The second kappa shape index (κ2) is 8.33. The van der Waals surface area contributed by atoms with E-state index in [-0.39, 0.29) is 17.8 Å². The number of hydrogen-bond donors (Lipinski definition) is 2. The standard InChI is InChI=1S/C13H15N5O4/c1-17(7-3-6-14)9-12(19)15-16-13(20)10-4-2-5-11(8-10)18(21)22/h2,4-5,8H,3,7,9H2,1H3,(H,15,19)(H,16,20). The second-order valence-corrected chi connectivity index (χ2v) is 4.46. The minimum absolute atomic E-state index is 0.0108. The molecule has 0 unspecified atom stereocenters. The van der Waals surface area contributed by atoms with E-state index in [0.29, 0.717) is 13.0 Å². The Labute approximate surface area is 126 Å². The molecule has 0 saturated carbocycles. The van der Waals surface area contributed by atoms with Gasteiger partial charge in [0, 0.05) is 30.7 Å². The van der Waals surface area contributed by atoms with Crippen molar-refractivity contribution in [1.29, 1.82) is 5.26 Å². The molecule has 2 N–H and O–H groups in total. The van der Waals surface area contributed by atoms with Crippen LogP contribution in [0, 0.1) is 21.4 Å². The molecule has 0 bridgehead atoms. The van der Waals surface area contributed by atoms with E-state index < -0.39 is 16.7 Å². The number of carbonyl (C=O) groups excluding carboxylic acids is 2. The number of nitrogens with zero attached hydrogens (tertiary/aromatic N) is 3. The van der Waals surface area contributed by atoms with Gasteiger partial charge in [0.15, 0.2) is 0 Å². The highest BCUT2D eigenvalue weighted by Crippen LogP contribution is 2.12. The summed E-state index contributed by atoms with van der Waals surface area (Å²) in [5.74, 6) is -1.11. The summed E-state index contributed by atoms with van der Waals surface area (Å²) in [5, 5.41) is 19.1. The first-order chi connectivity index (χ1) is 10.4. The molecule has 0 saturated heterocycles. The van der Waals surface area contributed by atoms with Crippen molar-refractivity contribution < 1.29 is 14.5 Å². The average molecular weight is 305 g/mol. The normalized spacial score (nSPS) is 9.86. The fourth-order valence-electron chi connectivity index (χ4n) is 1.56. The maximum absolute atomic E-state index is 11.8. The third-order valence-electron chi connectivity index (χ3n) is 2.65. The lowest BCUT2D eigenvalue weighted by molar-refractivity contribution is -0.384. The summed E-state index contributed by atoms with van der Waals surface area (Å²) in [5.41, 5.74) is 4.23. The number of nitrogens with one attached hydrogen (secondary N) is 2. The van der Waals surface area contributed by atoms with Crippen LogP contribution in [0.15, 0.2) is 24.3 Å². The first kappa shape index (κ1) is 17.1. The third kappa shape index (κ3) is 5.56. The molecule has 0 atom stereocenters. The maximum atomic E-state index is 11.8. The smallest absolute Gasteiger partial charge is 0.270 e. The number of hydrogen-bond acceptors (Lipinski definition) is 6. The monoisotopic (exact) mass is 305 g/mol. The SMILES string of the molecule is CN(CCC#N)CC(=O)NNC(=O)c1cccc([N+](=O)[O-])c1. The first-order valence-corrected chi connectivity index (χ1v) is 6.33. The molecule has 0 aromatic heterocycles. The summed E-state index contributed by atoms with van der Waals surface area (Å²) < 4.78 is 0. The van der Waals surface area contributed by atoms with E-state index in [1.165, 1.54) is 18.2 Å². The minimum atomic E-state index is -0.656. The van der Waals surface area contributed by atoms with E-state index in [9.17, 15) is 19.7 Å². The maximum Gasteiger partial charge on any atom is 0.270 e. The Morgan fingerprint density at radius 2 is 2.14 bits per heavy atom. The average Bonchev–Trinajstić information content (AvgIpc) is 2.50. The molecule has 0 radical (unpaired) electrons. The van der Waals surface area contributed by atoms with Crippen molar-refractivity contribution in [2.45, 2.75) is 6.42 Å². The van der Waals surface area contributed by atoms with Gasteiger partial charge in [-0.1, -0.05) is 6.07 Å². The molecule has 9 nitrogen and oxygen atoms in total. The molecule has 1 aromatic carbocycles. The van der Waals surface area contributed by atoms with Gasteiger partial charge in [0.25, 0.3) is 17.5 Å². The van der Waals surface area contributed by atoms with Crippen LogP contribution in [0.25, 0.3) is 0 Å². The van der Waals surface area contributed by atoms with Crippen molar-refractivity contribution >= 4 is 17.5 Å². The number of benzene rings is 1. The van der Waals surface area contributed by atoms with Crippen LogP contribution >= 0.6 is 0 Å². The number of nitriles is 1. The van der Waals surface area contributed by atoms with Crippen molar-refractivity contribution in [2.24, 2.45) is 0 Å². The lowest BCUT2D eigenvalue weighted by atomic mass is 10.2. The van der Waals surface area contributed by atoms with Gasteiger partial charge in [-0.15, -0.1) is 0 Å². The summed E-state index contributed by atoms with van der Waals surface area (Å²) in [6, 6.07) is 7.11. The predicted octanol–water partition coefficient (Wildman–Crippen LogP) is 0.201. The van der Waals surface area contributed by atoms with Crippen LogP contribution in [0.4, 0.5) is 5.69 Å². The molecule has 0 spiro atoms. The Kier molecular flexibility index (Phi) is 6.46. The van der Waals surface area contributed by atoms with E-state index in [1.807, 2.05) is 6.07 Å². The second-order valence-electron chi connectivity index (χ2n) is 4.46. The topological polar surface area (TPSA) is 128 Å². The van der Waals surface area contributed by atoms with Gasteiger partial charge in [0.1, 0.15) is 0 Å². The van der Waals surface area contributed by atoms with E-state index in [0.717, 1.165) is 6.07 Å². The largest absolute Gasteiger partial charge is 0.297 e. The molecule has 9 heteroatoms. The Morgan fingerprint density at radius 1 is 1.41 bits per heavy atom. The number of rotatable bonds is 6. The molecule has 22 heavy (non-hydrogen) atoms. The van der Waals surface area contributed by atoms with Crippen LogP contribution in [0.3, 0.4) is 0 Å². The van der Waals surface area contributed by atoms with E-state index in [1.54, 1.807) is 11.9 Å². The van der Waals surface area contributed by atoms with E-state index in [2.05, 4.69) is 10.9 Å². The highest BCUT2D eigenvalue weighted by atomic mass is 16.6.